The normalized spacial score (nSPS) is 18.4. The van der Waals surface area contributed by atoms with Gasteiger partial charge < -0.3 is 10.1 Å². The van der Waals surface area contributed by atoms with Crippen molar-refractivity contribution in [3.63, 3.8) is 0 Å². The number of pyridine rings is 2. The second-order valence-corrected chi connectivity index (χ2v) is 7.86. The molecular weight excluding hydrogens is 400 g/mol. The summed E-state index contributed by atoms with van der Waals surface area (Å²) in [6, 6.07) is 6.13. The van der Waals surface area contributed by atoms with Crippen LogP contribution in [0.15, 0.2) is 43.0 Å². The van der Waals surface area contributed by atoms with Gasteiger partial charge in [-0.3, -0.25) is 0 Å². The molecule has 0 amide bonds. The first-order valence-electron chi connectivity index (χ1n) is 10.0. The molecule has 0 spiro atoms. The number of benzene rings is 1. The molecule has 2 atom stereocenters. The number of rotatable bonds is 4. The maximum absolute atomic E-state index is 14.6. The van der Waals surface area contributed by atoms with E-state index in [0.717, 1.165) is 28.9 Å². The Morgan fingerprint density at radius 1 is 1.10 bits per heavy atom. The van der Waals surface area contributed by atoms with Gasteiger partial charge in [0.25, 0.3) is 0 Å². The Hall–Kier alpha value is -3.68. The third-order valence-electron chi connectivity index (χ3n) is 5.96. The lowest BCUT2D eigenvalue weighted by molar-refractivity contribution is 0.318. The minimum absolute atomic E-state index is 0.190. The molecular formula is C23H17F2N5O. The molecule has 0 bridgehead atoms. The minimum atomic E-state index is -0.536. The molecule has 1 saturated carbocycles. The van der Waals surface area contributed by atoms with E-state index in [9.17, 15) is 8.78 Å². The van der Waals surface area contributed by atoms with Crippen LogP contribution < -0.4 is 10.1 Å². The van der Waals surface area contributed by atoms with Crippen LogP contribution in [0.5, 0.6) is 5.75 Å². The number of ether oxygens (including phenoxy) is 1. The number of hydrogen-bond acceptors (Lipinski definition) is 6. The van der Waals surface area contributed by atoms with Crippen LogP contribution in [0.3, 0.4) is 0 Å². The Morgan fingerprint density at radius 2 is 2.00 bits per heavy atom. The minimum Gasteiger partial charge on any atom is -0.489 e. The number of nitrogens with zero attached hydrogens (tertiary/aromatic N) is 4. The summed E-state index contributed by atoms with van der Waals surface area (Å²) >= 11 is 0. The molecule has 6 nitrogen and oxygen atoms in total. The Balaban J connectivity index is 1.39. The van der Waals surface area contributed by atoms with Crippen LogP contribution >= 0.6 is 0 Å². The van der Waals surface area contributed by atoms with Crippen molar-refractivity contribution in [2.24, 2.45) is 0 Å². The first kappa shape index (κ1) is 18.1. The van der Waals surface area contributed by atoms with Gasteiger partial charge in [0.2, 0.25) is 5.95 Å². The van der Waals surface area contributed by atoms with Gasteiger partial charge in [-0.25, -0.2) is 24.3 Å². The van der Waals surface area contributed by atoms with Crippen molar-refractivity contribution < 1.29 is 13.5 Å². The van der Waals surface area contributed by atoms with E-state index in [1.54, 1.807) is 31.5 Å². The fourth-order valence-electron chi connectivity index (χ4n) is 4.38. The summed E-state index contributed by atoms with van der Waals surface area (Å²) in [5, 5.41) is 3.95. The van der Waals surface area contributed by atoms with Gasteiger partial charge in [0.15, 0.2) is 0 Å². The molecule has 1 N–H and O–H groups in total. The van der Waals surface area contributed by atoms with Gasteiger partial charge in [0.05, 0.1) is 10.9 Å². The van der Waals surface area contributed by atoms with E-state index >= 15 is 0 Å². The zero-order valence-electron chi connectivity index (χ0n) is 16.6. The van der Waals surface area contributed by atoms with Crippen LogP contribution in [-0.2, 0) is 6.54 Å². The number of aromatic nitrogens is 4. The average molecular weight is 417 g/mol. The highest BCUT2D eigenvalue weighted by Gasteiger charge is 2.49. The van der Waals surface area contributed by atoms with Crippen LogP contribution in [0, 0.1) is 18.7 Å². The molecule has 6 rings (SSSR count). The summed E-state index contributed by atoms with van der Waals surface area (Å²) in [4.78, 5) is 17.0. The number of anilines is 1. The summed E-state index contributed by atoms with van der Waals surface area (Å²) < 4.78 is 33.9. The van der Waals surface area contributed by atoms with E-state index in [-0.39, 0.29) is 24.4 Å². The van der Waals surface area contributed by atoms with E-state index in [1.165, 1.54) is 18.5 Å². The maximum atomic E-state index is 14.6. The van der Waals surface area contributed by atoms with Gasteiger partial charge in [-0.15, -0.1) is 0 Å². The Labute approximate surface area is 176 Å². The molecule has 154 valence electrons. The quantitative estimate of drug-likeness (QED) is 0.492. The molecule has 3 aromatic heterocycles. The SMILES string of the molecule is Cc1nc(F)ccc1-c1cnc(NCc2c(F)ccc3c2C2CC2O3)c2cncnc12. The third-order valence-corrected chi connectivity index (χ3v) is 5.96. The summed E-state index contributed by atoms with van der Waals surface area (Å²) in [5.41, 5.74) is 4.25. The highest BCUT2D eigenvalue weighted by atomic mass is 19.1. The first-order chi connectivity index (χ1) is 15.1. The summed E-state index contributed by atoms with van der Waals surface area (Å²) in [6.45, 7) is 2.01. The predicted molar refractivity (Wildman–Crippen MR) is 111 cm³/mol. The average Bonchev–Trinajstić information content (AvgIpc) is 3.44. The molecule has 8 heteroatoms. The number of fused-ring (bicyclic) bond motifs is 4. The lowest BCUT2D eigenvalue weighted by atomic mass is 10.0. The number of aryl methyl sites for hydroxylation is 1. The van der Waals surface area contributed by atoms with Crippen molar-refractivity contribution in [1.29, 1.82) is 0 Å². The van der Waals surface area contributed by atoms with Gasteiger partial charge in [-0.05, 0) is 37.6 Å². The van der Waals surface area contributed by atoms with Crippen molar-refractivity contribution in [2.75, 3.05) is 5.32 Å². The van der Waals surface area contributed by atoms with Gasteiger partial charge in [-0.2, -0.15) is 4.39 Å². The molecule has 2 aliphatic rings. The van der Waals surface area contributed by atoms with E-state index in [2.05, 4.69) is 25.3 Å². The van der Waals surface area contributed by atoms with Crippen LogP contribution in [-0.4, -0.2) is 26.0 Å². The molecule has 0 radical (unpaired) electrons. The molecule has 4 aromatic rings. The van der Waals surface area contributed by atoms with Crippen LogP contribution in [0.2, 0.25) is 0 Å². The van der Waals surface area contributed by atoms with E-state index in [1.807, 2.05) is 0 Å². The summed E-state index contributed by atoms with van der Waals surface area (Å²) in [5.74, 6) is 0.816. The molecule has 1 aliphatic carbocycles. The van der Waals surface area contributed by atoms with Crippen molar-refractivity contribution in [3.05, 3.63) is 71.6 Å². The summed E-state index contributed by atoms with van der Waals surface area (Å²) in [6.07, 6.45) is 5.92. The fraction of sp³-hybridized carbons (Fsp3) is 0.217. The van der Waals surface area contributed by atoms with Gasteiger partial charge >= 0.3 is 0 Å². The van der Waals surface area contributed by atoms with Crippen LogP contribution in [0.1, 0.15) is 29.2 Å². The predicted octanol–water partition coefficient (Wildman–Crippen LogP) is 4.53. The molecule has 0 saturated heterocycles. The Bertz CT molecular complexity index is 1360. The topological polar surface area (TPSA) is 72.8 Å². The highest BCUT2D eigenvalue weighted by molar-refractivity contribution is 5.98. The third kappa shape index (κ3) is 2.90. The fourth-order valence-corrected chi connectivity index (χ4v) is 4.38. The standard InChI is InChI=1S/C23H17F2N5O/c1-11-12(2-5-20(25)30-11)14-8-27-23(16-7-26-10-29-22(14)16)28-9-15-17(24)3-4-18-21(15)13-6-19(13)31-18/h2-5,7-8,10,13,19H,6,9H2,1H3,(H,27,28). The first-order valence-corrected chi connectivity index (χ1v) is 10.0. The molecule has 1 fully saturated rings. The smallest absolute Gasteiger partial charge is 0.213 e. The van der Waals surface area contributed by atoms with E-state index in [4.69, 9.17) is 4.74 Å². The second-order valence-electron chi connectivity index (χ2n) is 7.86. The number of nitrogens with one attached hydrogen (secondary N) is 1. The lowest BCUT2D eigenvalue weighted by Gasteiger charge is -2.15. The molecule has 4 heterocycles. The van der Waals surface area contributed by atoms with E-state index < -0.39 is 5.95 Å². The van der Waals surface area contributed by atoms with Gasteiger partial charge in [0.1, 0.15) is 29.8 Å². The van der Waals surface area contributed by atoms with Gasteiger partial charge in [0, 0.05) is 52.8 Å². The molecule has 1 aliphatic heterocycles. The van der Waals surface area contributed by atoms with Crippen LogP contribution in [0.4, 0.5) is 14.6 Å². The molecule has 2 unspecified atom stereocenters. The lowest BCUT2D eigenvalue weighted by Crippen LogP contribution is -2.07. The van der Waals surface area contributed by atoms with Crippen LogP contribution in [0.25, 0.3) is 22.0 Å². The zero-order chi connectivity index (χ0) is 21.1. The number of hydrogen-bond donors (Lipinski definition) is 1. The van der Waals surface area contributed by atoms with Gasteiger partial charge in [-0.1, -0.05) is 0 Å². The van der Waals surface area contributed by atoms with Crippen molar-refractivity contribution >= 4 is 16.7 Å². The largest absolute Gasteiger partial charge is 0.489 e. The monoisotopic (exact) mass is 417 g/mol. The zero-order valence-corrected chi connectivity index (χ0v) is 16.6. The maximum Gasteiger partial charge on any atom is 0.213 e. The summed E-state index contributed by atoms with van der Waals surface area (Å²) in [7, 11) is 0. The van der Waals surface area contributed by atoms with Crippen molar-refractivity contribution in [3.8, 4) is 16.9 Å². The molecule has 1 aromatic carbocycles. The Kier molecular flexibility index (Phi) is 3.89. The Morgan fingerprint density at radius 3 is 2.87 bits per heavy atom. The van der Waals surface area contributed by atoms with Crippen molar-refractivity contribution in [2.45, 2.75) is 31.9 Å². The second kappa shape index (κ2) is 6.66. The molecule has 31 heavy (non-hydrogen) atoms. The van der Waals surface area contributed by atoms with E-state index in [0.29, 0.717) is 28.0 Å². The number of halogens is 2. The van der Waals surface area contributed by atoms with Crippen molar-refractivity contribution in [1.82, 2.24) is 19.9 Å². The highest BCUT2D eigenvalue weighted by Crippen LogP contribution is 2.55.